The molecule has 0 saturated carbocycles. The summed E-state index contributed by atoms with van der Waals surface area (Å²) in [4.78, 5) is 28.1. The van der Waals surface area contributed by atoms with Gasteiger partial charge in [0.05, 0.1) is 32.6 Å². The van der Waals surface area contributed by atoms with E-state index in [-0.39, 0.29) is 24.1 Å². The number of hydrogen-bond donors (Lipinski definition) is 1. The minimum absolute atomic E-state index is 0.0751. The van der Waals surface area contributed by atoms with Gasteiger partial charge in [-0.3, -0.25) is 9.59 Å². The molecule has 1 aromatic rings. The highest BCUT2D eigenvalue weighted by Crippen LogP contribution is 2.23. The molecule has 1 atom stereocenters. The van der Waals surface area contributed by atoms with Gasteiger partial charge in [-0.25, -0.2) is 4.98 Å². The zero-order valence-corrected chi connectivity index (χ0v) is 14.9. The van der Waals surface area contributed by atoms with Crippen LogP contribution in [0, 0.1) is 0 Å². The van der Waals surface area contributed by atoms with Gasteiger partial charge in [-0.2, -0.15) is 0 Å². The smallest absolute Gasteiger partial charge is 0.274 e. The molecule has 0 spiro atoms. The number of carbonyl (C=O) groups is 2. The first-order chi connectivity index (χ1) is 12.2. The predicted molar refractivity (Wildman–Crippen MR) is 92.1 cm³/mol. The van der Waals surface area contributed by atoms with Crippen molar-refractivity contribution in [1.82, 2.24) is 10.3 Å². The third-order valence-corrected chi connectivity index (χ3v) is 3.68. The number of Topliss-reactive ketones (excluding diaryl/α,β-unsaturated/α-hetero) is 1. The first-order valence-corrected chi connectivity index (χ1v) is 8.83. The van der Waals surface area contributed by atoms with E-state index < -0.39 is 5.91 Å². The van der Waals surface area contributed by atoms with Gasteiger partial charge in [0.25, 0.3) is 5.91 Å². The Kier molecular flexibility index (Phi) is 7.66. The van der Waals surface area contributed by atoms with Crippen LogP contribution in [0.4, 0.5) is 0 Å². The van der Waals surface area contributed by atoms with Crippen LogP contribution in [0.25, 0.3) is 0 Å². The number of nitrogens with zero attached hydrogens (tertiary/aromatic N) is 1. The monoisotopic (exact) mass is 350 g/mol. The van der Waals surface area contributed by atoms with Crippen LogP contribution in [0.2, 0.25) is 0 Å². The highest BCUT2D eigenvalue weighted by Gasteiger charge is 2.31. The molecule has 2 rings (SSSR count). The largest absolute Gasteiger partial charge is 0.492 e. The number of rotatable bonds is 12. The zero-order chi connectivity index (χ0) is 18.1. The number of amides is 1. The molecule has 7 nitrogen and oxygen atoms in total. The summed E-state index contributed by atoms with van der Waals surface area (Å²) in [5, 5.41) is 2.57. The molecular formula is C18H26N2O5. The second-order valence-electron chi connectivity index (χ2n) is 5.89. The zero-order valence-electron chi connectivity index (χ0n) is 14.9. The fourth-order valence-electron chi connectivity index (χ4n) is 2.05. The second kappa shape index (κ2) is 9.98. The molecule has 1 fully saturated rings. The SMILES string of the molecule is CCCCOc1cnc(C(=O)NCC(=O)C2CO2)c(OCCCC)c1. The Hall–Kier alpha value is -2.15. The van der Waals surface area contributed by atoms with Crippen molar-refractivity contribution in [1.29, 1.82) is 0 Å². The Balaban J connectivity index is 2.01. The van der Waals surface area contributed by atoms with Crippen molar-refractivity contribution < 1.29 is 23.8 Å². The molecule has 1 unspecified atom stereocenters. The van der Waals surface area contributed by atoms with Crippen LogP contribution in [0.1, 0.15) is 50.0 Å². The third-order valence-electron chi connectivity index (χ3n) is 3.68. The van der Waals surface area contributed by atoms with Crippen molar-refractivity contribution in [3.8, 4) is 11.5 Å². The van der Waals surface area contributed by atoms with Gasteiger partial charge >= 0.3 is 0 Å². The van der Waals surface area contributed by atoms with Gasteiger partial charge in [0.15, 0.2) is 17.2 Å². The number of ketones is 1. The fourth-order valence-corrected chi connectivity index (χ4v) is 2.05. The lowest BCUT2D eigenvalue weighted by Crippen LogP contribution is -2.32. The van der Waals surface area contributed by atoms with Gasteiger partial charge in [0.1, 0.15) is 11.9 Å². The standard InChI is InChI=1S/C18H26N2O5/c1-3-5-7-23-13-9-15(24-8-6-4-2)17(19-10-13)18(22)20-11-14(21)16-12-25-16/h9-10,16H,3-8,11-12H2,1-2H3,(H,20,22). The number of hydrogen-bond acceptors (Lipinski definition) is 6. The van der Waals surface area contributed by atoms with E-state index in [2.05, 4.69) is 24.1 Å². The van der Waals surface area contributed by atoms with Crippen molar-refractivity contribution in [2.24, 2.45) is 0 Å². The van der Waals surface area contributed by atoms with E-state index in [0.717, 1.165) is 25.7 Å². The molecule has 25 heavy (non-hydrogen) atoms. The average molecular weight is 350 g/mol. The van der Waals surface area contributed by atoms with Crippen LogP contribution in [0.5, 0.6) is 11.5 Å². The minimum atomic E-state index is -0.444. The molecule has 1 aliphatic heterocycles. The topological polar surface area (TPSA) is 90.0 Å². The van der Waals surface area contributed by atoms with E-state index in [9.17, 15) is 9.59 Å². The van der Waals surface area contributed by atoms with E-state index in [1.54, 1.807) is 6.07 Å². The number of carbonyl (C=O) groups excluding carboxylic acids is 2. The molecular weight excluding hydrogens is 324 g/mol. The summed E-state index contributed by atoms with van der Waals surface area (Å²) in [7, 11) is 0. The summed E-state index contributed by atoms with van der Waals surface area (Å²) in [6.07, 6.45) is 4.97. The van der Waals surface area contributed by atoms with Crippen molar-refractivity contribution >= 4 is 11.7 Å². The lowest BCUT2D eigenvalue weighted by atomic mass is 10.2. The van der Waals surface area contributed by atoms with Crippen molar-refractivity contribution in [3.05, 3.63) is 18.0 Å². The van der Waals surface area contributed by atoms with Crippen LogP contribution < -0.4 is 14.8 Å². The maximum atomic E-state index is 12.3. The molecule has 138 valence electrons. The normalized spacial score (nSPS) is 15.5. The molecule has 1 amide bonds. The molecule has 1 aromatic heterocycles. The number of aromatic nitrogens is 1. The van der Waals surface area contributed by atoms with Crippen LogP contribution in [0.3, 0.4) is 0 Å². The number of unbranched alkanes of at least 4 members (excludes halogenated alkanes) is 2. The summed E-state index contributed by atoms with van der Waals surface area (Å²) in [5.41, 5.74) is 0.156. The Morgan fingerprint density at radius 1 is 1.24 bits per heavy atom. The summed E-state index contributed by atoms with van der Waals surface area (Å²) in [6, 6.07) is 1.68. The number of ether oxygens (including phenoxy) is 3. The van der Waals surface area contributed by atoms with Crippen LogP contribution in [0.15, 0.2) is 12.3 Å². The van der Waals surface area contributed by atoms with Crippen molar-refractivity contribution in [2.45, 2.75) is 45.6 Å². The molecule has 1 N–H and O–H groups in total. The van der Waals surface area contributed by atoms with E-state index in [4.69, 9.17) is 14.2 Å². The number of nitrogens with one attached hydrogen (secondary N) is 1. The second-order valence-corrected chi connectivity index (χ2v) is 5.89. The maximum Gasteiger partial charge on any atom is 0.274 e. The van der Waals surface area contributed by atoms with Crippen LogP contribution >= 0.6 is 0 Å². The maximum absolute atomic E-state index is 12.3. The van der Waals surface area contributed by atoms with Gasteiger partial charge in [-0.05, 0) is 12.8 Å². The quantitative estimate of drug-likeness (QED) is 0.459. The Labute approximate surface area is 148 Å². The van der Waals surface area contributed by atoms with Crippen LogP contribution in [-0.4, -0.2) is 49.1 Å². The molecule has 1 saturated heterocycles. The Bertz CT molecular complexity index is 587. The summed E-state index contributed by atoms with van der Waals surface area (Å²) >= 11 is 0. The highest BCUT2D eigenvalue weighted by atomic mass is 16.6. The van der Waals surface area contributed by atoms with E-state index in [0.29, 0.717) is 31.3 Å². The van der Waals surface area contributed by atoms with Crippen LogP contribution in [-0.2, 0) is 9.53 Å². The lowest BCUT2D eigenvalue weighted by Gasteiger charge is -2.13. The van der Waals surface area contributed by atoms with E-state index in [1.165, 1.54) is 6.20 Å². The van der Waals surface area contributed by atoms with Gasteiger partial charge < -0.3 is 19.5 Å². The Morgan fingerprint density at radius 2 is 1.92 bits per heavy atom. The summed E-state index contributed by atoms with van der Waals surface area (Å²) < 4.78 is 16.2. The highest BCUT2D eigenvalue weighted by molar-refractivity contribution is 5.98. The third kappa shape index (κ3) is 6.34. The van der Waals surface area contributed by atoms with Gasteiger partial charge in [-0.15, -0.1) is 0 Å². The van der Waals surface area contributed by atoms with E-state index in [1.807, 2.05) is 0 Å². The summed E-state index contributed by atoms with van der Waals surface area (Å²) in [5.74, 6) is 0.357. The Morgan fingerprint density at radius 3 is 2.56 bits per heavy atom. The molecule has 7 heteroatoms. The summed E-state index contributed by atoms with van der Waals surface area (Å²) in [6.45, 7) is 5.59. The lowest BCUT2D eigenvalue weighted by molar-refractivity contribution is -0.119. The predicted octanol–water partition coefficient (Wildman–Crippen LogP) is 2.14. The first kappa shape index (κ1) is 19.2. The molecule has 0 aromatic carbocycles. The number of pyridine rings is 1. The van der Waals surface area contributed by atoms with Gasteiger partial charge in [-0.1, -0.05) is 26.7 Å². The minimum Gasteiger partial charge on any atom is -0.492 e. The fraction of sp³-hybridized carbons (Fsp3) is 0.611. The average Bonchev–Trinajstić information content (AvgIpc) is 3.45. The van der Waals surface area contributed by atoms with E-state index >= 15 is 0 Å². The van der Waals surface area contributed by atoms with Gasteiger partial charge in [0.2, 0.25) is 0 Å². The van der Waals surface area contributed by atoms with Crippen molar-refractivity contribution in [3.63, 3.8) is 0 Å². The van der Waals surface area contributed by atoms with Crippen molar-refractivity contribution in [2.75, 3.05) is 26.4 Å². The first-order valence-electron chi connectivity index (χ1n) is 8.83. The molecule has 1 aliphatic rings. The molecule has 2 heterocycles. The van der Waals surface area contributed by atoms with Gasteiger partial charge in [0, 0.05) is 6.07 Å². The molecule has 0 aliphatic carbocycles. The molecule has 0 radical (unpaired) electrons. The number of epoxide rings is 1. The molecule has 0 bridgehead atoms.